The molecule has 1 aromatic rings. The van der Waals surface area contributed by atoms with Crippen LogP contribution < -0.4 is 0 Å². The summed E-state index contributed by atoms with van der Waals surface area (Å²) >= 11 is 3.57. The smallest absolute Gasteiger partial charge is 0.0717 e. The van der Waals surface area contributed by atoms with E-state index in [1.165, 1.54) is 18.4 Å². The van der Waals surface area contributed by atoms with E-state index in [-0.39, 0.29) is 0 Å². The van der Waals surface area contributed by atoms with E-state index in [2.05, 4.69) is 54.0 Å². The summed E-state index contributed by atoms with van der Waals surface area (Å²) < 4.78 is 5.76. The zero-order valence-electron chi connectivity index (χ0n) is 10.9. The third-order valence-corrected chi connectivity index (χ3v) is 3.96. The van der Waals surface area contributed by atoms with Gasteiger partial charge in [-0.05, 0) is 23.8 Å². The summed E-state index contributed by atoms with van der Waals surface area (Å²) in [6.07, 6.45) is 2.49. The van der Waals surface area contributed by atoms with Gasteiger partial charge in [-0.25, -0.2) is 0 Å². The molecular weight excluding hydrogens is 276 g/mol. The molecule has 2 unspecified atom stereocenters. The molecule has 2 atom stereocenters. The summed E-state index contributed by atoms with van der Waals surface area (Å²) in [4.78, 5) is 0. The highest BCUT2D eigenvalue weighted by Gasteiger charge is 2.10. The van der Waals surface area contributed by atoms with E-state index in [0.29, 0.717) is 5.92 Å². The third kappa shape index (κ3) is 6.23. The maximum Gasteiger partial charge on any atom is 0.0717 e. The molecule has 1 aromatic carbocycles. The fourth-order valence-corrected chi connectivity index (χ4v) is 2.65. The van der Waals surface area contributed by atoms with E-state index in [1.54, 1.807) is 0 Å². The third-order valence-electron chi connectivity index (χ3n) is 3.05. The lowest BCUT2D eigenvalue weighted by molar-refractivity contribution is 0.0849. The van der Waals surface area contributed by atoms with E-state index in [9.17, 15) is 0 Å². The zero-order valence-corrected chi connectivity index (χ0v) is 12.4. The highest BCUT2D eigenvalue weighted by Crippen LogP contribution is 2.18. The molecule has 0 N–H and O–H groups in total. The monoisotopic (exact) mass is 298 g/mol. The second-order valence-electron chi connectivity index (χ2n) is 4.77. The van der Waals surface area contributed by atoms with Crippen LogP contribution in [0.15, 0.2) is 30.3 Å². The van der Waals surface area contributed by atoms with Gasteiger partial charge >= 0.3 is 0 Å². The number of halogens is 1. The Hall–Kier alpha value is -0.340. The first-order chi connectivity index (χ1) is 8.26. The average molecular weight is 299 g/mol. The van der Waals surface area contributed by atoms with Crippen LogP contribution in [0.3, 0.4) is 0 Å². The molecule has 0 aromatic heterocycles. The van der Waals surface area contributed by atoms with Crippen molar-refractivity contribution < 1.29 is 4.74 Å². The highest BCUT2D eigenvalue weighted by atomic mass is 79.9. The van der Waals surface area contributed by atoms with Gasteiger partial charge in [0.1, 0.15) is 0 Å². The van der Waals surface area contributed by atoms with Gasteiger partial charge in [-0.15, -0.1) is 0 Å². The minimum atomic E-state index is 0.640. The van der Waals surface area contributed by atoms with E-state index >= 15 is 0 Å². The normalized spacial score (nSPS) is 14.5. The molecule has 0 heterocycles. The number of benzene rings is 1. The summed E-state index contributed by atoms with van der Waals surface area (Å²) in [5, 5.41) is 1.10. The van der Waals surface area contributed by atoms with Crippen LogP contribution in [0, 0.1) is 11.8 Å². The molecule has 1 nitrogen and oxygen atoms in total. The molecule has 0 saturated heterocycles. The molecule has 0 saturated carbocycles. The minimum Gasteiger partial charge on any atom is -0.376 e. The van der Waals surface area contributed by atoms with Crippen LogP contribution in [0.2, 0.25) is 0 Å². The molecular formula is C15H23BrO. The summed E-state index contributed by atoms with van der Waals surface area (Å²) in [5.74, 6) is 1.42. The fraction of sp³-hybridized carbons (Fsp3) is 0.600. The van der Waals surface area contributed by atoms with Crippen LogP contribution >= 0.6 is 15.9 Å². The van der Waals surface area contributed by atoms with Crippen molar-refractivity contribution in [2.24, 2.45) is 11.8 Å². The SMILES string of the molecule is CCC(CBr)CC(C)COCc1ccccc1. The molecule has 17 heavy (non-hydrogen) atoms. The molecule has 0 spiro atoms. The summed E-state index contributed by atoms with van der Waals surface area (Å²) in [6.45, 7) is 6.12. The molecule has 0 amide bonds. The second kappa shape index (κ2) is 8.71. The summed E-state index contributed by atoms with van der Waals surface area (Å²) in [7, 11) is 0. The molecule has 2 heteroatoms. The molecule has 0 aliphatic heterocycles. The topological polar surface area (TPSA) is 9.23 Å². The Morgan fingerprint density at radius 2 is 1.94 bits per heavy atom. The highest BCUT2D eigenvalue weighted by molar-refractivity contribution is 9.09. The van der Waals surface area contributed by atoms with Crippen LogP contribution in [-0.4, -0.2) is 11.9 Å². The van der Waals surface area contributed by atoms with E-state index in [0.717, 1.165) is 24.5 Å². The van der Waals surface area contributed by atoms with Crippen molar-refractivity contribution in [2.75, 3.05) is 11.9 Å². The minimum absolute atomic E-state index is 0.640. The maximum atomic E-state index is 5.76. The lowest BCUT2D eigenvalue weighted by atomic mass is 9.96. The Morgan fingerprint density at radius 1 is 1.24 bits per heavy atom. The van der Waals surface area contributed by atoms with Gasteiger partial charge in [0, 0.05) is 11.9 Å². The zero-order chi connectivity index (χ0) is 12.5. The predicted molar refractivity (Wildman–Crippen MR) is 77.5 cm³/mol. The summed E-state index contributed by atoms with van der Waals surface area (Å²) in [6, 6.07) is 10.4. The van der Waals surface area contributed by atoms with Crippen molar-refractivity contribution in [1.29, 1.82) is 0 Å². The van der Waals surface area contributed by atoms with Gasteiger partial charge in [-0.1, -0.05) is 66.5 Å². The predicted octanol–water partition coefficient (Wildman–Crippen LogP) is 4.65. The Balaban J connectivity index is 2.18. The lowest BCUT2D eigenvalue weighted by Crippen LogP contribution is -2.12. The number of hydrogen-bond acceptors (Lipinski definition) is 1. The maximum absolute atomic E-state index is 5.76. The summed E-state index contributed by atoms with van der Waals surface area (Å²) in [5.41, 5.74) is 1.26. The number of hydrogen-bond donors (Lipinski definition) is 0. The van der Waals surface area contributed by atoms with Gasteiger partial charge in [0.2, 0.25) is 0 Å². The van der Waals surface area contributed by atoms with Crippen molar-refractivity contribution in [3.63, 3.8) is 0 Å². The van der Waals surface area contributed by atoms with Crippen molar-refractivity contribution in [3.8, 4) is 0 Å². The van der Waals surface area contributed by atoms with Crippen LogP contribution in [-0.2, 0) is 11.3 Å². The Bertz CT molecular complexity index is 282. The van der Waals surface area contributed by atoms with Gasteiger partial charge < -0.3 is 4.74 Å². The second-order valence-corrected chi connectivity index (χ2v) is 5.42. The Kier molecular flexibility index (Phi) is 7.54. The van der Waals surface area contributed by atoms with Crippen molar-refractivity contribution in [1.82, 2.24) is 0 Å². The first kappa shape index (κ1) is 14.7. The Morgan fingerprint density at radius 3 is 2.53 bits per heavy atom. The van der Waals surface area contributed by atoms with Crippen LogP contribution in [0.4, 0.5) is 0 Å². The number of alkyl halides is 1. The van der Waals surface area contributed by atoms with Gasteiger partial charge in [0.25, 0.3) is 0 Å². The van der Waals surface area contributed by atoms with Crippen LogP contribution in [0.1, 0.15) is 32.3 Å². The fourth-order valence-electron chi connectivity index (χ4n) is 1.93. The number of rotatable bonds is 8. The first-order valence-electron chi connectivity index (χ1n) is 6.43. The molecule has 0 aliphatic rings. The van der Waals surface area contributed by atoms with Crippen LogP contribution in [0.25, 0.3) is 0 Å². The van der Waals surface area contributed by atoms with E-state index in [1.807, 2.05) is 6.07 Å². The van der Waals surface area contributed by atoms with Crippen molar-refractivity contribution >= 4 is 15.9 Å². The largest absolute Gasteiger partial charge is 0.376 e. The van der Waals surface area contributed by atoms with E-state index < -0.39 is 0 Å². The molecule has 0 bridgehead atoms. The van der Waals surface area contributed by atoms with E-state index in [4.69, 9.17) is 4.74 Å². The quantitative estimate of drug-likeness (QED) is 0.635. The molecule has 0 fully saturated rings. The lowest BCUT2D eigenvalue weighted by Gasteiger charge is -2.17. The molecule has 0 aliphatic carbocycles. The van der Waals surface area contributed by atoms with Gasteiger partial charge in [0.05, 0.1) is 6.61 Å². The van der Waals surface area contributed by atoms with Crippen molar-refractivity contribution in [3.05, 3.63) is 35.9 Å². The first-order valence-corrected chi connectivity index (χ1v) is 7.56. The molecule has 96 valence electrons. The average Bonchev–Trinajstić information content (AvgIpc) is 2.37. The van der Waals surface area contributed by atoms with Gasteiger partial charge in [-0.2, -0.15) is 0 Å². The molecule has 0 radical (unpaired) electrons. The van der Waals surface area contributed by atoms with Gasteiger partial charge in [0.15, 0.2) is 0 Å². The Labute approximate surface area is 114 Å². The molecule has 1 rings (SSSR count). The number of ether oxygens (including phenoxy) is 1. The van der Waals surface area contributed by atoms with Gasteiger partial charge in [-0.3, -0.25) is 0 Å². The van der Waals surface area contributed by atoms with Crippen LogP contribution in [0.5, 0.6) is 0 Å². The standard InChI is InChI=1S/C15H23BrO/c1-3-14(10-16)9-13(2)11-17-12-15-7-5-4-6-8-15/h4-8,13-14H,3,9-12H2,1-2H3. The van der Waals surface area contributed by atoms with Crippen molar-refractivity contribution in [2.45, 2.75) is 33.3 Å².